The van der Waals surface area contributed by atoms with Crippen LogP contribution in [0.3, 0.4) is 0 Å². The molecule has 1 aliphatic rings. The number of nitrogens with one attached hydrogen (secondary N) is 1. The molecule has 30 heavy (non-hydrogen) atoms. The lowest BCUT2D eigenvalue weighted by Gasteiger charge is -2.13. The number of nitro groups is 1. The number of ether oxygens (including phenoxy) is 1. The summed E-state index contributed by atoms with van der Waals surface area (Å²) in [6, 6.07) is 18.2. The van der Waals surface area contributed by atoms with Crippen molar-refractivity contribution in [2.24, 2.45) is 0 Å². The van der Waals surface area contributed by atoms with Crippen molar-refractivity contribution >= 4 is 29.3 Å². The summed E-state index contributed by atoms with van der Waals surface area (Å²) in [5.74, 6) is -0.550. The Hall–Kier alpha value is -4.53. The van der Waals surface area contributed by atoms with Crippen molar-refractivity contribution in [1.29, 1.82) is 0 Å². The number of anilines is 1. The smallest absolute Gasteiger partial charge is 0.287 e. The van der Waals surface area contributed by atoms with Gasteiger partial charge in [-0.15, -0.1) is 0 Å². The molecule has 0 saturated carbocycles. The van der Waals surface area contributed by atoms with E-state index in [4.69, 9.17) is 4.74 Å². The minimum atomic E-state index is -0.558. The largest absolute Gasteiger partial charge is 0.438 e. The first-order valence-electron chi connectivity index (χ1n) is 8.82. The van der Waals surface area contributed by atoms with Crippen LogP contribution in [0.2, 0.25) is 0 Å². The number of carbonyl (C=O) groups is 2. The van der Waals surface area contributed by atoms with Gasteiger partial charge in [-0.3, -0.25) is 25.1 Å². The third-order valence-corrected chi connectivity index (χ3v) is 4.27. The highest BCUT2D eigenvalue weighted by atomic mass is 16.6. The molecule has 2 amide bonds. The Labute approximate surface area is 170 Å². The van der Waals surface area contributed by atoms with Crippen molar-refractivity contribution in [3.63, 3.8) is 0 Å². The molecule has 1 aromatic heterocycles. The van der Waals surface area contributed by atoms with Gasteiger partial charge in [-0.05, 0) is 24.3 Å². The Balaban J connectivity index is 1.62. The number of aromatic nitrogens is 1. The molecule has 3 aromatic rings. The maximum Gasteiger partial charge on any atom is 0.287 e. The Morgan fingerprint density at radius 3 is 2.43 bits per heavy atom. The highest BCUT2D eigenvalue weighted by Gasteiger charge is 2.34. The van der Waals surface area contributed by atoms with Gasteiger partial charge in [0.15, 0.2) is 0 Å². The third kappa shape index (κ3) is 3.72. The molecule has 2 heterocycles. The van der Waals surface area contributed by atoms with Gasteiger partial charge in [0, 0.05) is 17.7 Å². The highest BCUT2D eigenvalue weighted by Crippen LogP contribution is 2.28. The second-order valence-electron chi connectivity index (χ2n) is 6.23. The van der Waals surface area contributed by atoms with Crippen molar-refractivity contribution < 1.29 is 19.2 Å². The number of para-hydroxylation sites is 2. The van der Waals surface area contributed by atoms with Crippen molar-refractivity contribution in [2.75, 3.05) is 5.01 Å². The lowest BCUT2D eigenvalue weighted by Crippen LogP contribution is -2.35. The van der Waals surface area contributed by atoms with E-state index < -0.39 is 16.7 Å². The fourth-order valence-electron chi connectivity index (χ4n) is 2.82. The molecular formula is C21H14N4O5. The molecule has 9 nitrogen and oxygen atoms in total. The van der Waals surface area contributed by atoms with Gasteiger partial charge in [-0.1, -0.05) is 36.4 Å². The summed E-state index contributed by atoms with van der Waals surface area (Å²) >= 11 is 0. The average molecular weight is 402 g/mol. The van der Waals surface area contributed by atoms with Crippen LogP contribution in [0.1, 0.15) is 5.56 Å². The first-order chi connectivity index (χ1) is 14.5. The number of hydrazine groups is 1. The minimum Gasteiger partial charge on any atom is -0.438 e. The first-order valence-corrected chi connectivity index (χ1v) is 8.82. The van der Waals surface area contributed by atoms with Crippen LogP contribution in [-0.2, 0) is 9.59 Å². The van der Waals surface area contributed by atoms with Crippen LogP contribution in [-0.4, -0.2) is 21.7 Å². The van der Waals surface area contributed by atoms with Crippen molar-refractivity contribution in [1.82, 2.24) is 10.4 Å². The summed E-state index contributed by atoms with van der Waals surface area (Å²) in [5.41, 5.74) is 3.34. The molecule has 148 valence electrons. The summed E-state index contributed by atoms with van der Waals surface area (Å²) in [4.78, 5) is 39.2. The summed E-state index contributed by atoms with van der Waals surface area (Å²) in [5, 5.41) is 11.9. The van der Waals surface area contributed by atoms with Crippen LogP contribution in [0.5, 0.6) is 11.6 Å². The van der Waals surface area contributed by atoms with Gasteiger partial charge < -0.3 is 4.74 Å². The van der Waals surface area contributed by atoms with Gasteiger partial charge >= 0.3 is 0 Å². The fraction of sp³-hybridized carbons (Fsp3) is 0. The van der Waals surface area contributed by atoms with Crippen LogP contribution in [0, 0.1) is 10.1 Å². The van der Waals surface area contributed by atoms with Crippen LogP contribution in [0.25, 0.3) is 6.08 Å². The Morgan fingerprint density at radius 2 is 1.73 bits per heavy atom. The molecule has 0 aliphatic carbocycles. The number of rotatable bonds is 5. The minimum absolute atomic E-state index is 0.0495. The quantitative estimate of drug-likeness (QED) is 0.303. The summed E-state index contributed by atoms with van der Waals surface area (Å²) in [6.45, 7) is 0. The predicted octanol–water partition coefficient (Wildman–Crippen LogP) is 3.24. The summed E-state index contributed by atoms with van der Waals surface area (Å²) < 4.78 is 5.70. The molecule has 0 radical (unpaired) electrons. The first kappa shape index (κ1) is 18.8. The lowest BCUT2D eigenvalue weighted by atomic mass is 10.1. The zero-order valence-electron chi connectivity index (χ0n) is 15.4. The van der Waals surface area contributed by atoms with E-state index in [1.54, 1.807) is 48.5 Å². The van der Waals surface area contributed by atoms with Crippen molar-refractivity contribution in [3.8, 4) is 11.6 Å². The number of nitrogens with zero attached hydrogens (tertiary/aromatic N) is 3. The average Bonchev–Trinajstić information content (AvgIpc) is 3.04. The molecule has 1 saturated heterocycles. The Bertz CT molecular complexity index is 1160. The second kappa shape index (κ2) is 7.84. The molecular weight excluding hydrogens is 388 g/mol. The standard InChI is InChI=1S/C21H14N4O5/c26-20-17(21(27)24(23-20)15-7-2-1-3-8-15)12-14-6-4-5-9-18(14)30-19-11-10-16(13-22-19)25(28)29/h1-13H,(H,23,26). The number of hydrogen-bond acceptors (Lipinski definition) is 6. The van der Waals surface area contributed by atoms with E-state index in [0.29, 0.717) is 17.0 Å². The van der Waals surface area contributed by atoms with Gasteiger partial charge in [0.05, 0.1) is 10.6 Å². The molecule has 1 aliphatic heterocycles. The number of pyridine rings is 1. The van der Waals surface area contributed by atoms with Crippen LogP contribution in [0.15, 0.2) is 78.5 Å². The normalized spacial score (nSPS) is 14.7. The maximum atomic E-state index is 12.7. The van der Waals surface area contributed by atoms with Gasteiger partial charge in [-0.25, -0.2) is 9.99 Å². The molecule has 0 atom stereocenters. The molecule has 4 rings (SSSR count). The SMILES string of the molecule is O=C1NN(c2ccccc2)C(=O)C1=Cc1ccccc1Oc1ccc([N+](=O)[O-])cn1. The zero-order chi connectivity index (χ0) is 21.1. The summed E-state index contributed by atoms with van der Waals surface area (Å²) in [7, 11) is 0. The van der Waals surface area contributed by atoms with Crippen molar-refractivity contribution in [3.05, 3.63) is 94.2 Å². The van der Waals surface area contributed by atoms with Gasteiger partial charge in [0.2, 0.25) is 5.88 Å². The topological polar surface area (TPSA) is 115 Å². The van der Waals surface area contributed by atoms with E-state index in [1.807, 2.05) is 6.07 Å². The van der Waals surface area contributed by atoms with Gasteiger partial charge in [-0.2, -0.15) is 0 Å². The van der Waals surface area contributed by atoms with Crippen molar-refractivity contribution in [2.45, 2.75) is 0 Å². The number of amides is 2. The molecule has 0 spiro atoms. The van der Waals surface area contributed by atoms with Gasteiger partial charge in [0.25, 0.3) is 17.5 Å². The van der Waals surface area contributed by atoms with Crippen LogP contribution < -0.4 is 15.2 Å². The number of hydrogen-bond donors (Lipinski definition) is 1. The molecule has 0 unspecified atom stereocenters. The number of carbonyl (C=O) groups excluding carboxylic acids is 2. The van der Waals surface area contributed by atoms with E-state index in [0.717, 1.165) is 6.20 Å². The molecule has 1 N–H and O–H groups in total. The van der Waals surface area contributed by atoms with Crippen LogP contribution >= 0.6 is 0 Å². The molecule has 2 aromatic carbocycles. The number of benzene rings is 2. The fourth-order valence-corrected chi connectivity index (χ4v) is 2.82. The van der Waals surface area contributed by atoms with E-state index in [1.165, 1.54) is 23.2 Å². The monoisotopic (exact) mass is 402 g/mol. The third-order valence-electron chi connectivity index (χ3n) is 4.27. The lowest BCUT2D eigenvalue weighted by molar-refractivity contribution is -0.385. The van der Waals surface area contributed by atoms with Gasteiger partial charge in [0.1, 0.15) is 17.5 Å². The van der Waals surface area contributed by atoms with E-state index in [-0.39, 0.29) is 17.1 Å². The van der Waals surface area contributed by atoms with E-state index >= 15 is 0 Å². The van der Waals surface area contributed by atoms with E-state index in [9.17, 15) is 19.7 Å². The van der Waals surface area contributed by atoms with Crippen LogP contribution in [0.4, 0.5) is 11.4 Å². The Kier molecular flexibility index (Phi) is 4.92. The molecule has 0 bridgehead atoms. The molecule has 9 heteroatoms. The predicted molar refractivity (Wildman–Crippen MR) is 107 cm³/mol. The summed E-state index contributed by atoms with van der Waals surface area (Å²) in [6.07, 6.45) is 2.52. The second-order valence-corrected chi connectivity index (χ2v) is 6.23. The Morgan fingerprint density at radius 1 is 1.00 bits per heavy atom. The maximum absolute atomic E-state index is 12.7. The van der Waals surface area contributed by atoms with E-state index in [2.05, 4.69) is 10.4 Å². The zero-order valence-corrected chi connectivity index (χ0v) is 15.4. The molecule has 1 fully saturated rings. The highest BCUT2D eigenvalue weighted by molar-refractivity contribution is 6.31.